The van der Waals surface area contributed by atoms with Gasteiger partial charge in [-0.3, -0.25) is 4.79 Å². The molecule has 2 rings (SSSR count). The zero-order valence-electron chi connectivity index (χ0n) is 11.5. The van der Waals surface area contributed by atoms with E-state index in [0.29, 0.717) is 11.1 Å². The highest BCUT2D eigenvalue weighted by atomic mass is 32.2. The number of hydrogen-bond donors (Lipinski definition) is 0. The van der Waals surface area contributed by atoms with Gasteiger partial charge < -0.3 is 4.57 Å². The van der Waals surface area contributed by atoms with Gasteiger partial charge in [0, 0.05) is 18.3 Å². The minimum absolute atomic E-state index is 0.0830. The van der Waals surface area contributed by atoms with Crippen LogP contribution in [0.4, 0.5) is 0 Å². The third kappa shape index (κ3) is 3.38. The van der Waals surface area contributed by atoms with E-state index in [4.69, 9.17) is 5.26 Å². The first-order valence-electron chi connectivity index (χ1n) is 6.33. The Bertz CT molecular complexity index is 861. The molecular formula is C15H14N2O3S. The van der Waals surface area contributed by atoms with E-state index in [1.54, 1.807) is 31.3 Å². The second-order valence-corrected chi connectivity index (χ2v) is 6.76. The lowest BCUT2D eigenvalue weighted by molar-refractivity contribution is 0.587. The number of nitriles is 1. The van der Waals surface area contributed by atoms with Crippen LogP contribution in [0.5, 0.6) is 0 Å². The maximum atomic E-state index is 12.2. The normalized spacial score (nSPS) is 11.0. The van der Waals surface area contributed by atoms with Crippen molar-refractivity contribution in [3.63, 3.8) is 0 Å². The summed E-state index contributed by atoms with van der Waals surface area (Å²) in [5, 5.41) is 8.81. The van der Waals surface area contributed by atoms with Gasteiger partial charge in [0.1, 0.15) is 0 Å². The first-order valence-corrected chi connectivity index (χ1v) is 7.98. The number of pyridine rings is 1. The molecule has 0 saturated carbocycles. The van der Waals surface area contributed by atoms with Crippen LogP contribution in [0.15, 0.2) is 52.3 Å². The lowest BCUT2D eigenvalue weighted by Gasteiger charge is -2.08. The molecule has 1 heterocycles. The monoisotopic (exact) mass is 302 g/mol. The molecule has 21 heavy (non-hydrogen) atoms. The molecule has 0 bridgehead atoms. The van der Waals surface area contributed by atoms with E-state index in [1.165, 1.54) is 22.8 Å². The highest BCUT2D eigenvalue weighted by Gasteiger charge is 2.15. The van der Waals surface area contributed by atoms with E-state index < -0.39 is 9.84 Å². The molecule has 0 N–H and O–H groups in total. The minimum atomic E-state index is -3.53. The van der Waals surface area contributed by atoms with E-state index in [0.717, 1.165) is 0 Å². The van der Waals surface area contributed by atoms with Gasteiger partial charge in [0.05, 0.1) is 22.3 Å². The topological polar surface area (TPSA) is 79.9 Å². The van der Waals surface area contributed by atoms with Gasteiger partial charge in [-0.05, 0) is 31.2 Å². The Morgan fingerprint density at radius 3 is 2.71 bits per heavy atom. The van der Waals surface area contributed by atoms with Crippen LogP contribution in [0, 0.1) is 18.3 Å². The second kappa shape index (κ2) is 5.94. The van der Waals surface area contributed by atoms with Crippen LogP contribution in [0.3, 0.4) is 0 Å². The Morgan fingerprint density at radius 2 is 2.00 bits per heavy atom. The van der Waals surface area contributed by atoms with Crippen molar-refractivity contribution in [2.24, 2.45) is 0 Å². The van der Waals surface area contributed by atoms with E-state index in [1.807, 2.05) is 6.07 Å². The van der Waals surface area contributed by atoms with Crippen LogP contribution in [0.2, 0.25) is 0 Å². The Morgan fingerprint density at radius 1 is 1.24 bits per heavy atom. The summed E-state index contributed by atoms with van der Waals surface area (Å²) < 4.78 is 25.9. The molecule has 0 radical (unpaired) electrons. The summed E-state index contributed by atoms with van der Waals surface area (Å²) in [5.74, 6) is -0.189. The zero-order chi connectivity index (χ0) is 15.5. The van der Waals surface area contributed by atoms with Gasteiger partial charge in [0.2, 0.25) is 0 Å². The van der Waals surface area contributed by atoms with Gasteiger partial charge in [0.15, 0.2) is 9.84 Å². The van der Waals surface area contributed by atoms with Crippen molar-refractivity contribution < 1.29 is 8.42 Å². The number of hydrogen-bond acceptors (Lipinski definition) is 4. The van der Waals surface area contributed by atoms with Gasteiger partial charge in [-0.2, -0.15) is 5.26 Å². The number of aromatic nitrogens is 1. The third-order valence-corrected chi connectivity index (χ3v) is 4.83. The van der Waals surface area contributed by atoms with Crippen LogP contribution >= 0.6 is 0 Å². The van der Waals surface area contributed by atoms with Crippen molar-refractivity contribution in [3.05, 3.63) is 64.1 Å². The number of rotatable bonds is 4. The predicted octanol–water partition coefficient (Wildman–Crippen LogP) is 1.50. The fraction of sp³-hybridized carbons (Fsp3) is 0.200. The summed E-state index contributed by atoms with van der Waals surface area (Å²) >= 11 is 0. The predicted molar refractivity (Wildman–Crippen MR) is 78.6 cm³/mol. The Kier molecular flexibility index (Phi) is 4.24. The van der Waals surface area contributed by atoms with Gasteiger partial charge in [-0.25, -0.2) is 8.42 Å². The summed E-state index contributed by atoms with van der Waals surface area (Å²) in [6.07, 6.45) is 1.57. The van der Waals surface area contributed by atoms with Crippen molar-refractivity contribution >= 4 is 9.84 Å². The van der Waals surface area contributed by atoms with Gasteiger partial charge in [0.25, 0.3) is 5.56 Å². The van der Waals surface area contributed by atoms with Crippen LogP contribution in [-0.4, -0.2) is 18.7 Å². The summed E-state index contributed by atoms with van der Waals surface area (Å²) in [5.41, 5.74) is 0.670. The van der Waals surface area contributed by atoms with Crippen molar-refractivity contribution in [2.45, 2.75) is 18.4 Å². The minimum Gasteiger partial charge on any atom is -0.314 e. The van der Waals surface area contributed by atoms with Crippen molar-refractivity contribution in [3.8, 4) is 6.07 Å². The summed E-state index contributed by atoms with van der Waals surface area (Å²) in [6, 6.07) is 11.2. The standard InChI is InChI=1S/C15H14N2O3S/c1-12-4-3-7-17(15(12)18)8-9-21(19,20)14-6-2-5-13(10-14)11-16/h2-7,10H,8-9H2,1H3. The molecule has 5 nitrogen and oxygen atoms in total. The molecule has 0 aliphatic rings. The second-order valence-electron chi connectivity index (χ2n) is 4.65. The SMILES string of the molecule is Cc1cccn(CCS(=O)(=O)c2cccc(C#N)c2)c1=O. The molecule has 0 aliphatic heterocycles. The molecule has 0 fully saturated rings. The molecular weight excluding hydrogens is 288 g/mol. The van der Waals surface area contributed by atoms with E-state index in [9.17, 15) is 13.2 Å². The first kappa shape index (κ1) is 15.0. The maximum Gasteiger partial charge on any atom is 0.253 e. The lowest BCUT2D eigenvalue weighted by Crippen LogP contribution is -2.25. The molecule has 2 aromatic rings. The van der Waals surface area contributed by atoms with Crippen LogP contribution in [0.25, 0.3) is 0 Å². The smallest absolute Gasteiger partial charge is 0.253 e. The highest BCUT2D eigenvalue weighted by Crippen LogP contribution is 2.13. The van der Waals surface area contributed by atoms with E-state index in [2.05, 4.69) is 0 Å². The van der Waals surface area contributed by atoms with Gasteiger partial charge in [-0.15, -0.1) is 0 Å². The Labute approximate surface area is 123 Å². The molecule has 108 valence electrons. The van der Waals surface area contributed by atoms with Crippen molar-refractivity contribution in [1.82, 2.24) is 4.57 Å². The van der Waals surface area contributed by atoms with Crippen molar-refractivity contribution in [1.29, 1.82) is 5.26 Å². The molecule has 0 saturated heterocycles. The lowest BCUT2D eigenvalue weighted by atomic mass is 10.2. The van der Waals surface area contributed by atoms with Crippen LogP contribution in [0.1, 0.15) is 11.1 Å². The van der Waals surface area contributed by atoms with E-state index >= 15 is 0 Å². The molecule has 0 amide bonds. The Balaban J connectivity index is 2.24. The molecule has 0 spiro atoms. The summed E-state index contributed by atoms with van der Waals surface area (Å²) in [6.45, 7) is 1.77. The van der Waals surface area contributed by atoms with Crippen LogP contribution < -0.4 is 5.56 Å². The number of nitrogens with zero attached hydrogens (tertiary/aromatic N) is 2. The largest absolute Gasteiger partial charge is 0.314 e. The third-order valence-electron chi connectivity index (χ3n) is 3.13. The molecule has 1 aromatic heterocycles. The molecule has 0 aliphatic carbocycles. The fourth-order valence-electron chi connectivity index (χ4n) is 1.93. The number of aryl methyl sites for hydroxylation is 2. The average molecular weight is 302 g/mol. The Hall–Kier alpha value is -2.39. The molecule has 0 atom stereocenters. The average Bonchev–Trinajstić information content (AvgIpc) is 2.49. The summed E-state index contributed by atoms with van der Waals surface area (Å²) in [7, 11) is -3.53. The van der Waals surface area contributed by atoms with Gasteiger partial charge in [-0.1, -0.05) is 12.1 Å². The van der Waals surface area contributed by atoms with Crippen LogP contribution in [-0.2, 0) is 16.4 Å². The zero-order valence-corrected chi connectivity index (χ0v) is 12.3. The highest BCUT2D eigenvalue weighted by molar-refractivity contribution is 7.91. The van der Waals surface area contributed by atoms with Gasteiger partial charge >= 0.3 is 0 Å². The molecule has 6 heteroatoms. The molecule has 0 unspecified atom stereocenters. The first-order chi connectivity index (χ1) is 9.94. The quantitative estimate of drug-likeness (QED) is 0.857. The van der Waals surface area contributed by atoms with E-state index in [-0.39, 0.29) is 22.8 Å². The number of sulfone groups is 1. The number of benzene rings is 1. The molecule has 1 aromatic carbocycles. The maximum absolute atomic E-state index is 12.2. The summed E-state index contributed by atoms with van der Waals surface area (Å²) in [4.78, 5) is 11.9. The van der Waals surface area contributed by atoms with Crippen molar-refractivity contribution in [2.75, 3.05) is 5.75 Å². The fourth-order valence-corrected chi connectivity index (χ4v) is 3.19.